The average Bonchev–Trinajstić information content (AvgIpc) is 3.90. The minimum atomic E-state index is 1.13. The van der Waals surface area contributed by atoms with Gasteiger partial charge in [0.25, 0.3) is 0 Å². The lowest BCUT2D eigenvalue weighted by atomic mass is 9.99. The summed E-state index contributed by atoms with van der Waals surface area (Å²) < 4.78 is 7.92. The Hall–Kier alpha value is -5.78. The van der Waals surface area contributed by atoms with E-state index in [4.69, 9.17) is 0 Å². The van der Waals surface area contributed by atoms with Gasteiger partial charge >= 0.3 is 0 Å². The van der Waals surface area contributed by atoms with E-state index in [1.54, 1.807) is 0 Å². The molecule has 0 N–H and O–H groups in total. The minimum absolute atomic E-state index is 1.13. The molecule has 4 heteroatoms. The number of hydrogen-bond acceptors (Lipinski definition) is 4. The molecule has 0 saturated carbocycles. The number of fused-ring (bicyclic) bond motifs is 9. The molecule has 0 aliphatic heterocycles. The molecular formula is C48H29NS3. The predicted octanol–water partition coefficient (Wildman–Crippen LogP) is 15.6. The van der Waals surface area contributed by atoms with Gasteiger partial charge in [0.2, 0.25) is 0 Å². The molecule has 11 rings (SSSR count). The normalized spacial score (nSPS) is 11.8. The third-order valence-electron chi connectivity index (χ3n) is 10.3. The van der Waals surface area contributed by atoms with Crippen LogP contribution in [0.15, 0.2) is 176 Å². The van der Waals surface area contributed by atoms with Crippen molar-refractivity contribution >= 4 is 112 Å². The van der Waals surface area contributed by atoms with Crippen LogP contribution in [0.3, 0.4) is 0 Å². The fourth-order valence-corrected chi connectivity index (χ4v) is 11.3. The second-order valence-electron chi connectivity index (χ2n) is 13.3. The highest BCUT2D eigenvalue weighted by Crippen LogP contribution is 2.46. The van der Waals surface area contributed by atoms with Gasteiger partial charge in [-0.1, -0.05) is 109 Å². The highest BCUT2D eigenvalue weighted by molar-refractivity contribution is 7.27. The molecule has 11 aromatic rings. The van der Waals surface area contributed by atoms with E-state index in [2.05, 4.69) is 181 Å². The lowest BCUT2D eigenvalue weighted by molar-refractivity contribution is 1.30. The smallest absolute Gasteiger partial charge is 0.0640 e. The van der Waals surface area contributed by atoms with Crippen molar-refractivity contribution in [3.63, 3.8) is 0 Å². The van der Waals surface area contributed by atoms with Gasteiger partial charge in [0.05, 0.1) is 10.4 Å². The molecule has 52 heavy (non-hydrogen) atoms. The number of anilines is 3. The fraction of sp³-hybridized carbons (Fsp3) is 0. The van der Waals surface area contributed by atoms with Crippen LogP contribution in [-0.4, -0.2) is 0 Å². The van der Waals surface area contributed by atoms with Crippen LogP contribution in [0, 0.1) is 0 Å². The van der Waals surface area contributed by atoms with Crippen LogP contribution in [-0.2, 0) is 0 Å². The predicted molar refractivity (Wildman–Crippen MR) is 231 cm³/mol. The number of hydrogen-bond donors (Lipinski definition) is 0. The van der Waals surface area contributed by atoms with E-state index in [1.165, 1.54) is 88.5 Å². The molecule has 0 atom stereocenters. The van der Waals surface area contributed by atoms with E-state index in [0.29, 0.717) is 0 Å². The summed E-state index contributed by atoms with van der Waals surface area (Å²) in [6.07, 6.45) is 0. The van der Waals surface area contributed by atoms with Gasteiger partial charge in [-0.05, 0) is 89.0 Å². The summed E-state index contributed by atoms with van der Waals surface area (Å²) in [6, 6.07) is 64.9. The summed E-state index contributed by atoms with van der Waals surface area (Å²) in [5, 5.41) is 7.92. The Labute approximate surface area is 312 Å². The largest absolute Gasteiger partial charge is 0.309 e. The summed E-state index contributed by atoms with van der Waals surface area (Å²) in [4.78, 5) is 2.43. The molecule has 0 unspecified atom stereocenters. The van der Waals surface area contributed by atoms with Crippen molar-refractivity contribution in [1.82, 2.24) is 0 Å². The Kier molecular flexibility index (Phi) is 6.84. The maximum atomic E-state index is 2.43. The first kappa shape index (κ1) is 29.9. The molecule has 0 bridgehead atoms. The van der Waals surface area contributed by atoms with E-state index < -0.39 is 0 Å². The molecule has 0 amide bonds. The molecule has 0 radical (unpaired) electrons. The molecule has 8 aromatic carbocycles. The van der Waals surface area contributed by atoms with Gasteiger partial charge in [0, 0.05) is 67.2 Å². The minimum Gasteiger partial charge on any atom is -0.309 e. The average molecular weight is 716 g/mol. The number of thiophene rings is 3. The second kappa shape index (κ2) is 11.9. The first-order valence-electron chi connectivity index (χ1n) is 17.5. The van der Waals surface area contributed by atoms with Crippen molar-refractivity contribution in [3.05, 3.63) is 176 Å². The second-order valence-corrected chi connectivity index (χ2v) is 16.5. The van der Waals surface area contributed by atoms with Crippen molar-refractivity contribution in [3.8, 4) is 22.3 Å². The van der Waals surface area contributed by atoms with E-state index in [0.717, 1.165) is 11.4 Å². The molecule has 0 aliphatic rings. The Morgan fingerprint density at radius 2 is 0.846 bits per heavy atom. The maximum Gasteiger partial charge on any atom is 0.0640 e. The Morgan fingerprint density at radius 3 is 1.60 bits per heavy atom. The third kappa shape index (κ3) is 4.72. The third-order valence-corrected chi connectivity index (χ3v) is 13.8. The monoisotopic (exact) mass is 715 g/mol. The van der Waals surface area contributed by atoms with E-state index >= 15 is 0 Å². The van der Waals surface area contributed by atoms with E-state index in [-0.39, 0.29) is 0 Å². The van der Waals surface area contributed by atoms with Crippen LogP contribution in [0.2, 0.25) is 0 Å². The van der Waals surface area contributed by atoms with Gasteiger partial charge in [-0.3, -0.25) is 0 Å². The number of nitrogens with zero attached hydrogens (tertiary/aromatic N) is 1. The van der Waals surface area contributed by atoms with Crippen molar-refractivity contribution < 1.29 is 0 Å². The van der Waals surface area contributed by atoms with Crippen molar-refractivity contribution in [1.29, 1.82) is 0 Å². The standard InChI is InChI=1S/C48H29NS3/c1-5-16-43-36(9-1)38-13-7-14-41(48(38)52-43)49(33-24-19-30(20-25-33)32-23-28-45-40(29-32)37-10-2-4-15-42(37)50-45)34-26-21-31(22-27-34)35-12-8-18-46-47(35)39-11-3-6-17-44(39)51-46/h1-29H. The number of rotatable bonds is 5. The van der Waals surface area contributed by atoms with Gasteiger partial charge in [0.1, 0.15) is 0 Å². The summed E-state index contributed by atoms with van der Waals surface area (Å²) in [5.74, 6) is 0. The lowest BCUT2D eigenvalue weighted by Gasteiger charge is -2.26. The van der Waals surface area contributed by atoms with Crippen LogP contribution >= 0.6 is 34.0 Å². The highest BCUT2D eigenvalue weighted by atomic mass is 32.1. The van der Waals surface area contributed by atoms with Gasteiger partial charge < -0.3 is 4.90 Å². The van der Waals surface area contributed by atoms with Crippen LogP contribution in [0.25, 0.3) is 82.8 Å². The summed E-state index contributed by atoms with van der Waals surface area (Å²) in [6.45, 7) is 0. The Bertz CT molecular complexity index is 3130. The Morgan fingerprint density at radius 1 is 0.327 bits per heavy atom. The molecule has 3 aromatic heterocycles. The van der Waals surface area contributed by atoms with Gasteiger partial charge in [0.15, 0.2) is 0 Å². The zero-order chi connectivity index (χ0) is 34.2. The SMILES string of the molecule is c1ccc2c(c1)sc1ccc(-c3ccc(N(c4ccc(-c5cccc6sc7ccccc7c56)cc4)c4cccc5c4sc4ccccc45)cc3)cc12. The van der Waals surface area contributed by atoms with Crippen molar-refractivity contribution in [2.24, 2.45) is 0 Å². The van der Waals surface area contributed by atoms with Crippen LogP contribution in [0.4, 0.5) is 17.1 Å². The number of benzene rings is 8. The maximum absolute atomic E-state index is 2.43. The summed E-state index contributed by atoms with van der Waals surface area (Å²) in [5.41, 5.74) is 8.41. The summed E-state index contributed by atoms with van der Waals surface area (Å²) >= 11 is 5.61. The zero-order valence-electron chi connectivity index (χ0n) is 27.9. The molecule has 244 valence electrons. The molecule has 3 heterocycles. The molecule has 0 saturated heterocycles. The molecule has 0 spiro atoms. The van der Waals surface area contributed by atoms with Crippen LogP contribution in [0.1, 0.15) is 0 Å². The van der Waals surface area contributed by atoms with Gasteiger partial charge in [-0.2, -0.15) is 0 Å². The summed E-state index contributed by atoms with van der Waals surface area (Å²) in [7, 11) is 0. The first-order valence-corrected chi connectivity index (χ1v) is 19.9. The Balaban J connectivity index is 1.05. The van der Waals surface area contributed by atoms with Gasteiger partial charge in [-0.25, -0.2) is 0 Å². The fourth-order valence-electron chi connectivity index (χ4n) is 7.85. The van der Waals surface area contributed by atoms with E-state index in [9.17, 15) is 0 Å². The topological polar surface area (TPSA) is 3.24 Å². The van der Waals surface area contributed by atoms with E-state index in [1.807, 2.05) is 34.0 Å². The molecule has 0 aliphatic carbocycles. The molecule has 0 fully saturated rings. The lowest BCUT2D eigenvalue weighted by Crippen LogP contribution is -2.10. The first-order chi connectivity index (χ1) is 25.8. The molecule has 1 nitrogen and oxygen atoms in total. The highest BCUT2D eigenvalue weighted by Gasteiger charge is 2.19. The van der Waals surface area contributed by atoms with Gasteiger partial charge in [-0.15, -0.1) is 34.0 Å². The van der Waals surface area contributed by atoms with Crippen LogP contribution in [0.5, 0.6) is 0 Å². The zero-order valence-corrected chi connectivity index (χ0v) is 30.4. The molecular weight excluding hydrogens is 687 g/mol. The van der Waals surface area contributed by atoms with Crippen LogP contribution < -0.4 is 4.90 Å². The quantitative estimate of drug-likeness (QED) is 0.171. The van der Waals surface area contributed by atoms with Crippen molar-refractivity contribution in [2.45, 2.75) is 0 Å². The van der Waals surface area contributed by atoms with Crippen molar-refractivity contribution in [2.75, 3.05) is 4.90 Å².